The van der Waals surface area contributed by atoms with Crippen LogP contribution in [0.3, 0.4) is 0 Å². The van der Waals surface area contributed by atoms with E-state index in [9.17, 15) is 22.0 Å². The van der Waals surface area contributed by atoms with Crippen LogP contribution in [0, 0.1) is 17.6 Å². The molecule has 0 unspecified atom stereocenters. The van der Waals surface area contributed by atoms with E-state index in [1.54, 1.807) is 0 Å². The minimum atomic E-state index is -3.87. The Morgan fingerprint density at radius 3 is 2.30 bits per heavy atom. The number of anilines is 1. The standard InChI is InChI=1S/C23H28F2N4O3S/c1-3-15-13-26-23(27-14-15)28-7-5-18(6-8-28)29-9-4-16(22(29)30)10-17-11-20(25)21(12-19(17)24)33(2,31)32/h11-14,16,18H,3-10H2,1-2H3/t16-/m1/s1. The summed E-state index contributed by atoms with van der Waals surface area (Å²) in [6, 6.07) is 1.72. The number of halogens is 2. The summed E-state index contributed by atoms with van der Waals surface area (Å²) in [5.41, 5.74) is 1.12. The van der Waals surface area contributed by atoms with Crippen LogP contribution in [0.2, 0.25) is 0 Å². The second-order valence-electron chi connectivity index (χ2n) is 8.83. The molecule has 1 atom stereocenters. The van der Waals surface area contributed by atoms with E-state index in [-0.39, 0.29) is 23.9 Å². The molecule has 2 aliphatic rings. The molecule has 0 radical (unpaired) electrons. The van der Waals surface area contributed by atoms with Crippen molar-refractivity contribution in [1.29, 1.82) is 0 Å². The molecule has 2 aromatic rings. The highest BCUT2D eigenvalue weighted by Gasteiger charge is 2.38. The molecule has 4 rings (SSSR count). The zero-order valence-electron chi connectivity index (χ0n) is 18.8. The van der Waals surface area contributed by atoms with Crippen LogP contribution in [0.15, 0.2) is 29.4 Å². The van der Waals surface area contributed by atoms with Gasteiger partial charge in [-0.3, -0.25) is 4.79 Å². The minimum Gasteiger partial charge on any atom is -0.341 e. The van der Waals surface area contributed by atoms with Crippen molar-refractivity contribution in [3.63, 3.8) is 0 Å². The fourth-order valence-electron chi connectivity index (χ4n) is 4.66. The predicted molar refractivity (Wildman–Crippen MR) is 120 cm³/mol. The smallest absolute Gasteiger partial charge is 0.226 e. The Kier molecular flexibility index (Phi) is 6.65. The van der Waals surface area contributed by atoms with Crippen molar-refractivity contribution in [1.82, 2.24) is 14.9 Å². The van der Waals surface area contributed by atoms with Crippen molar-refractivity contribution < 1.29 is 22.0 Å². The Balaban J connectivity index is 1.37. The quantitative estimate of drug-likeness (QED) is 0.635. The van der Waals surface area contributed by atoms with Gasteiger partial charge in [0.15, 0.2) is 9.84 Å². The molecule has 1 amide bonds. The van der Waals surface area contributed by atoms with Crippen molar-refractivity contribution in [3.8, 4) is 0 Å². The highest BCUT2D eigenvalue weighted by atomic mass is 32.2. The molecule has 3 heterocycles. The first-order chi connectivity index (χ1) is 15.7. The van der Waals surface area contributed by atoms with E-state index in [2.05, 4.69) is 21.8 Å². The van der Waals surface area contributed by atoms with Crippen LogP contribution in [-0.4, -0.2) is 61.1 Å². The van der Waals surface area contributed by atoms with Crippen molar-refractivity contribution in [2.24, 2.45) is 5.92 Å². The molecular weight excluding hydrogens is 450 g/mol. The zero-order chi connectivity index (χ0) is 23.8. The van der Waals surface area contributed by atoms with Crippen LogP contribution in [0.5, 0.6) is 0 Å². The van der Waals surface area contributed by atoms with Gasteiger partial charge in [0, 0.05) is 50.2 Å². The van der Waals surface area contributed by atoms with Crippen LogP contribution in [-0.2, 0) is 27.5 Å². The van der Waals surface area contributed by atoms with Gasteiger partial charge < -0.3 is 9.80 Å². The third-order valence-corrected chi connectivity index (χ3v) is 7.72. The molecule has 1 aromatic heterocycles. The summed E-state index contributed by atoms with van der Waals surface area (Å²) in [6.45, 7) is 4.13. The predicted octanol–water partition coefficient (Wildman–Crippen LogP) is 2.78. The van der Waals surface area contributed by atoms with Crippen molar-refractivity contribution in [3.05, 3.63) is 47.3 Å². The molecule has 0 N–H and O–H groups in total. The maximum Gasteiger partial charge on any atom is 0.226 e. The second-order valence-corrected chi connectivity index (χ2v) is 10.8. The molecule has 7 nitrogen and oxygen atoms in total. The second kappa shape index (κ2) is 9.32. The largest absolute Gasteiger partial charge is 0.341 e. The summed E-state index contributed by atoms with van der Waals surface area (Å²) in [5.74, 6) is -1.58. The lowest BCUT2D eigenvalue weighted by atomic mass is 9.97. The number of amides is 1. The van der Waals surface area contributed by atoms with Gasteiger partial charge in [-0.05, 0) is 55.4 Å². The first-order valence-electron chi connectivity index (χ1n) is 11.2. The number of likely N-dealkylation sites (tertiary alicyclic amines) is 1. The lowest BCUT2D eigenvalue weighted by Crippen LogP contribution is -2.46. The summed E-state index contributed by atoms with van der Waals surface area (Å²) >= 11 is 0. The molecule has 2 aliphatic heterocycles. The molecule has 33 heavy (non-hydrogen) atoms. The van der Waals surface area contributed by atoms with Gasteiger partial charge in [-0.25, -0.2) is 27.2 Å². The highest BCUT2D eigenvalue weighted by Crippen LogP contribution is 2.30. The zero-order valence-corrected chi connectivity index (χ0v) is 19.6. The number of carbonyl (C=O) groups excluding carboxylic acids is 1. The van der Waals surface area contributed by atoms with Crippen LogP contribution in [0.4, 0.5) is 14.7 Å². The normalized spacial score (nSPS) is 20.0. The van der Waals surface area contributed by atoms with Gasteiger partial charge in [-0.1, -0.05) is 6.92 Å². The average molecular weight is 479 g/mol. The number of carbonyl (C=O) groups is 1. The van der Waals surface area contributed by atoms with Gasteiger partial charge in [-0.2, -0.15) is 0 Å². The number of piperidine rings is 1. The average Bonchev–Trinajstić information content (AvgIpc) is 3.15. The Morgan fingerprint density at radius 2 is 1.70 bits per heavy atom. The molecule has 0 saturated carbocycles. The summed E-state index contributed by atoms with van der Waals surface area (Å²) in [7, 11) is -3.87. The third-order valence-electron chi connectivity index (χ3n) is 6.61. The Labute approximate surface area is 192 Å². The number of sulfone groups is 1. The number of hydrogen-bond donors (Lipinski definition) is 0. The topological polar surface area (TPSA) is 83.5 Å². The first kappa shape index (κ1) is 23.5. The third kappa shape index (κ3) is 5.00. The van der Waals surface area contributed by atoms with Crippen LogP contribution < -0.4 is 4.90 Å². The maximum absolute atomic E-state index is 14.5. The SMILES string of the molecule is CCc1cnc(N2CCC(N3CC[C@H](Cc4cc(F)c(S(C)(=O)=O)cc4F)C3=O)CC2)nc1. The van der Waals surface area contributed by atoms with E-state index in [1.807, 2.05) is 17.3 Å². The summed E-state index contributed by atoms with van der Waals surface area (Å²) < 4.78 is 51.9. The van der Waals surface area contributed by atoms with Crippen molar-refractivity contribution in [2.75, 3.05) is 30.8 Å². The van der Waals surface area contributed by atoms with E-state index in [4.69, 9.17) is 0 Å². The molecule has 10 heteroatoms. The van der Waals surface area contributed by atoms with Gasteiger partial charge >= 0.3 is 0 Å². The van der Waals surface area contributed by atoms with Crippen LogP contribution in [0.25, 0.3) is 0 Å². The van der Waals surface area contributed by atoms with Crippen molar-refractivity contribution in [2.45, 2.75) is 50.0 Å². The molecule has 178 valence electrons. The fraction of sp³-hybridized carbons (Fsp3) is 0.522. The molecule has 0 spiro atoms. The minimum absolute atomic E-state index is 0.0302. The maximum atomic E-state index is 14.5. The van der Waals surface area contributed by atoms with E-state index in [1.165, 1.54) is 0 Å². The lowest BCUT2D eigenvalue weighted by Gasteiger charge is -2.36. The van der Waals surface area contributed by atoms with E-state index >= 15 is 0 Å². The van der Waals surface area contributed by atoms with E-state index in [0.717, 1.165) is 50.2 Å². The van der Waals surface area contributed by atoms with Crippen molar-refractivity contribution >= 4 is 21.7 Å². The van der Waals surface area contributed by atoms with Crippen LogP contribution >= 0.6 is 0 Å². The van der Waals surface area contributed by atoms with Gasteiger partial charge in [-0.15, -0.1) is 0 Å². The summed E-state index contributed by atoms with van der Waals surface area (Å²) in [5, 5.41) is 0. The molecule has 0 bridgehead atoms. The number of benzene rings is 1. The van der Waals surface area contributed by atoms with E-state index in [0.29, 0.717) is 25.0 Å². The molecule has 0 aliphatic carbocycles. The number of nitrogens with zero attached hydrogens (tertiary/aromatic N) is 4. The number of aromatic nitrogens is 2. The highest BCUT2D eigenvalue weighted by molar-refractivity contribution is 7.90. The van der Waals surface area contributed by atoms with Gasteiger partial charge in [0.1, 0.15) is 16.5 Å². The van der Waals surface area contributed by atoms with Gasteiger partial charge in [0.05, 0.1) is 0 Å². The molecule has 1 aromatic carbocycles. The Morgan fingerprint density at radius 1 is 1.03 bits per heavy atom. The fourth-order valence-corrected chi connectivity index (χ4v) is 5.39. The summed E-state index contributed by atoms with van der Waals surface area (Å²) in [4.78, 5) is 25.2. The summed E-state index contributed by atoms with van der Waals surface area (Å²) in [6.07, 6.45) is 7.61. The van der Waals surface area contributed by atoms with Crippen LogP contribution in [0.1, 0.15) is 37.3 Å². The number of hydrogen-bond acceptors (Lipinski definition) is 6. The van der Waals surface area contributed by atoms with Gasteiger partial charge in [0.25, 0.3) is 0 Å². The molecule has 2 fully saturated rings. The monoisotopic (exact) mass is 478 g/mol. The van der Waals surface area contributed by atoms with Gasteiger partial charge in [0.2, 0.25) is 11.9 Å². The van der Waals surface area contributed by atoms with E-state index < -0.39 is 32.3 Å². The first-order valence-corrected chi connectivity index (χ1v) is 13.1. The molecular formula is C23H28F2N4O3S. The Bertz CT molecular complexity index is 1130. The lowest BCUT2D eigenvalue weighted by molar-refractivity contribution is -0.133. The number of rotatable bonds is 6. The molecule has 2 saturated heterocycles. The number of aryl methyl sites for hydroxylation is 1. The Hall–Kier alpha value is -2.62.